The highest BCUT2D eigenvalue weighted by Gasteiger charge is 2.27. The van der Waals surface area contributed by atoms with Gasteiger partial charge >= 0.3 is 5.97 Å². The van der Waals surface area contributed by atoms with Crippen molar-refractivity contribution >= 4 is 17.8 Å². The number of unbranched alkanes of at least 4 members (excludes halogenated alkanes) is 3. The van der Waals surface area contributed by atoms with Gasteiger partial charge in [0.15, 0.2) is 0 Å². The number of rotatable bonds is 11. The first-order valence-electron chi connectivity index (χ1n) is 8.80. The van der Waals surface area contributed by atoms with Crippen molar-refractivity contribution < 1.29 is 24.3 Å². The van der Waals surface area contributed by atoms with Crippen molar-refractivity contribution in [1.29, 1.82) is 0 Å². The molecule has 0 aliphatic heterocycles. The van der Waals surface area contributed by atoms with Crippen molar-refractivity contribution in [2.75, 3.05) is 14.2 Å². The van der Waals surface area contributed by atoms with Gasteiger partial charge < -0.3 is 9.64 Å². The number of likely N-dealkylation sites (N-methyl/N-ethyl adjacent to an activating group) is 1. The predicted molar refractivity (Wildman–Crippen MR) is 96.4 cm³/mol. The fraction of sp³-hybridized carbons (Fsp3) is 0.526. The fourth-order valence-electron chi connectivity index (χ4n) is 2.67. The maximum Gasteiger partial charge on any atom is 0.328 e. The van der Waals surface area contributed by atoms with Gasteiger partial charge in [-0.05, 0) is 18.4 Å². The number of hydrogen-bond acceptors (Lipinski definition) is 5. The Kier molecular flexibility index (Phi) is 10.0. The van der Waals surface area contributed by atoms with Gasteiger partial charge in [0.1, 0.15) is 6.04 Å². The molecule has 0 aliphatic rings. The van der Waals surface area contributed by atoms with E-state index in [1.54, 1.807) is 12.5 Å². The van der Waals surface area contributed by atoms with Gasteiger partial charge in [-0.1, -0.05) is 43.2 Å². The van der Waals surface area contributed by atoms with Crippen molar-refractivity contribution in [3.05, 3.63) is 35.9 Å². The van der Waals surface area contributed by atoms with Crippen molar-refractivity contribution in [2.24, 2.45) is 0 Å². The molecule has 0 radical (unpaired) electrons. The number of carbonyl (C=O) groups excluding carboxylic acids is 3. The van der Waals surface area contributed by atoms with Gasteiger partial charge in [0.2, 0.25) is 11.8 Å². The van der Waals surface area contributed by atoms with E-state index in [0.29, 0.717) is 25.7 Å². The van der Waals surface area contributed by atoms with Crippen LogP contribution in [0, 0.1) is 0 Å². The zero-order valence-electron chi connectivity index (χ0n) is 15.4. The minimum absolute atomic E-state index is 0.107. The maximum atomic E-state index is 12.4. The molecule has 1 atom stereocenters. The molecule has 2 N–H and O–H groups in total. The first-order valence-corrected chi connectivity index (χ1v) is 8.80. The molecule has 144 valence electrons. The van der Waals surface area contributed by atoms with E-state index in [1.807, 2.05) is 30.3 Å². The van der Waals surface area contributed by atoms with E-state index in [0.717, 1.165) is 18.4 Å². The summed E-state index contributed by atoms with van der Waals surface area (Å²) in [6.07, 6.45) is 3.97. The Morgan fingerprint density at radius 3 is 2.27 bits per heavy atom. The van der Waals surface area contributed by atoms with Crippen LogP contribution in [0.2, 0.25) is 0 Å². The molecular weight excluding hydrogens is 336 g/mol. The molecule has 2 amide bonds. The van der Waals surface area contributed by atoms with Gasteiger partial charge in [-0.25, -0.2) is 10.3 Å². The number of carbonyl (C=O) groups is 3. The Balaban J connectivity index is 2.46. The zero-order valence-corrected chi connectivity index (χ0v) is 15.4. The summed E-state index contributed by atoms with van der Waals surface area (Å²) < 4.78 is 4.86. The van der Waals surface area contributed by atoms with Gasteiger partial charge in [0.05, 0.1) is 7.11 Å². The molecule has 0 spiro atoms. The molecule has 1 unspecified atom stereocenters. The number of hydrogen-bond donors (Lipinski definition) is 2. The van der Waals surface area contributed by atoms with Crippen LogP contribution >= 0.6 is 0 Å². The number of nitrogens with zero attached hydrogens (tertiary/aromatic N) is 1. The third kappa shape index (κ3) is 7.65. The summed E-state index contributed by atoms with van der Waals surface area (Å²) in [6, 6.07) is 8.86. The lowest BCUT2D eigenvalue weighted by Gasteiger charge is -2.26. The number of benzene rings is 1. The summed E-state index contributed by atoms with van der Waals surface area (Å²) >= 11 is 0. The first kappa shape index (κ1) is 21.6. The number of methoxy groups -OCH3 is 1. The number of amides is 2. The van der Waals surface area contributed by atoms with Gasteiger partial charge in [-0.3, -0.25) is 14.8 Å². The Bertz CT molecular complexity index is 577. The van der Waals surface area contributed by atoms with Crippen molar-refractivity contribution in [3.63, 3.8) is 0 Å². The molecule has 1 rings (SSSR count). The summed E-state index contributed by atoms with van der Waals surface area (Å²) in [6.45, 7) is 0. The second kappa shape index (κ2) is 12.0. The smallest absolute Gasteiger partial charge is 0.328 e. The molecule has 7 nitrogen and oxygen atoms in total. The molecule has 0 bridgehead atoms. The average molecular weight is 364 g/mol. The summed E-state index contributed by atoms with van der Waals surface area (Å²) in [5.74, 6) is -0.938. The zero-order chi connectivity index (χ0) is 19.4. The summed E-state index contributed by atoms with van der Waals surface area (Å²) in [5, 5.41) is 8.41. The highest BCUT2D eigenvalue weighted by molar-refractivity contribution is 5.84. The molecule has 0 saturated carbocycles. The van der Waals surface area contributed by atoms with Crippen molar-refractivity contribution in [1.82, 2.24) is 10.4 Å². The van der Waals surface area contributed by atoms with Gasteiger partial charge in [0, 0.05) is 26.3 Å². The molecule has 7 heteroatoms. The number of hydroxylamine groups is 1. The molecule has 0 aromatic heterocycles. The van der Waals surface area contributed by atoms with E-state index in [4.69, 9.17) is 9.94 Å². The minimum Gasteiger partial charge on any atom is -0.467 e. The van der Waals surface area contributed by atoms with Gasteiger partial charge in [-0.15, -0.1) is 0 Å². The molecule has 0 heterocycles. The highest BCUT2D eigenvalue weighted by atomic mass is 16.5. The number of nitrogens with one attached hydrogen (secondary N) is 1. The lowest BCUT2D eigenvalue weighted by molar-refractivity contribution is -0.151. The monoisotopic (exact) mass is 364 g/mol. The van der Waals surface area contributed by atoms with Crippen LogP contribution in [-0.2, 0) is 25.5 Å². The Labute approximate surface area is 154 Å². The lowest BCUT2D eigenvalue weighted by Crippen LogP contribution is -2.44. The fourth-order valence-corrected chi connectivity index (χ4v) is 2.67. The van der Waals surface area contributed by atoms with Crippen LogP contribution in [-0.4, -0.2) is 48.1 Å². The molecule has 0 aliphatic carbocycles. The number of ether oxygens (including phenoxy) is 1. The molecule has 26 heavy (non-hydrogen) atoms. The molecule has 1 aromatic carbocycles. The third-order valence-electron chi connectivity index (χ3n) is 4.28. The van der Waals surface area contributed by atoms with Crippen LogP contribution in [0.3, 0.4) is 0 Å². The second-order valence-corrected chi connectivity index (χ2v) is 6.18. The standard InChI is InChI=1S/C19H28N2O5/c1-21(18(23)13-9-4-3-8-12-17(22)20-25)16(19(24)26-2)14-15-10-6-5-7-11-15/h5-7,10-11,16,25H,3-4,8-9,12-14H2,1-2H3,(H,20,22). The topological polar surface area (TPSA) is 95.9 Å². The van der Waals surface area contributed by atoms with Crippen LogP contribution in [0.1, 0.15) is 44.1 Å². The van der Waals surface area contributed by atoms with Crippen LogP contribution in [0.25, 0.3) is 0 Å². The SMILES string of the molecule is COC(=O)C(Cc1ccccc1)N(C)C(=O)CCCCCCC(=O)NO. The average Bonchev–Trinajstić information content (AvgIpc) is 2.67. The summed E-state index contributed by atoms with van der Waals surface area (Å²) in [4.78, 5) is 36.8. The third-order valence-corrected chi connectivity index (χ3v) is 4.28. The van der Waals surface area contributed by atoms with Crippen LogP contribution in [0.4, 0.5) is 0 Å². The Morgan fingerprint density at radius 1 is 1.08 bits per heavy atom. The summed E-state index contributed by atoms with van der Waals surface area (Å²) in [7, 11) is 2.94. The lowest BCUT2D eigenvalue weighted by atomic mass is 10.0. The largest absolute Gasteiger partial charge is 0.467 e. The van der Waals surface area contributed by atoms with Crippen molar-refractivity contribution in [2.45, 2.75) is 51.0 Å². The van der Waals surface area contributed by atoms with Crippen molar-refractivity contribution in [3.8, 4) is 0 Å². The second-order valence-electron chi connectivity index (χ2n) is 6.18. The van der Waals surface area contributed by atoms with Gasteiger partial charge in [0.25, 0.3) is 0 Å². The Hall–Kier alpha value is -2.41. The number of esters is 1. The quantitative estimate of drug-likeness (QED) is 0.271. The van der Waals surface area contributed by atoms with Gasteiger partial charge in [-0.2, -0.15) is 0 Å². The van der Waals surface area contributed by atoms with E-state index < -0.39 is 17.9 Å². The normalized spacial score (nSPS) is 11.5. The Morgan fingerprint density at radius 2 is 1.69 bits per heavy atom. The van der Waals surface area contributed by atoms with E-state index in [-0.39, 0.29) is 12.3 Å². The summed E-state index contributed by atoms with van der Waals surface area (Å²) in [5.41, 5.74) is 2.56. The van der Waals surface area contributed by atoms with Crippen LogP contribution < -0.4 is 5.48 Å². The maximum absolute atomic E-state index is 12.4. The first-order chi connectivity index (χ1) is 12.5. The molecular formula is C19H28N2O5. The predicted octanol–water partition coefficient (Wildman–Crippen LogP) is 2.08. The van der Waals surface area contributed by atoms with E-state index in [9.17, 15) is 14.4 Å². The van der Waals surface area contributed by atoms with Crippen LogP contribution in [0.5, 0.6) is 0 Å². The molecule has 0 saturated heterocycles. The van der Waals surface area contributed by atoms with E-state index in [2.05, 4.69) is 0 Å². The van der Waals surface area contributed by atoms with E-state index in [1.165, 1.54) is 12.0 Å². The minimum atomic E-state index is -0.650. The molecule has 1 aromatic rings. The van der Waals surface area contributed by atoms with E-state index >= 15 is 0 Å². The molecule has 0 fully saturated rings. The van der Waals surface area contributed by atoms with Crippen LogP contribution in [0.15, 0.2) is 30.3 Å². The highest BCUT2D eigenvalue weighted by Crippen LogP contribution is 2.13.